The Labute approximate surface area is 192 Å². The number of aliphatic hydroxyl groups excluding tert-OH is 1. The molecule has 0 aromatic rings. The van der Waals surface area contributed by atoms with Crippen LogP contribution in [-0.2, 0) is 0 Å². The van der Waals surface area contributed by atoms with Gasteiger partial charge in [-0.2, -0.15) is 0 Å². The van der Waals surface area contributed by atoms with Crippen molar-refractivity contribution in [2.24, 2.45) is 50.2 Å². The van der Waals surface area contributed by atoms with Gasteiger partial charge in [0.05, 0.1) is 6.10 Å². The maximum absolute atomic E-state index is 10.9. The number of hydrogen-bond acceptors (Lipinski definition) is 1. The van der Waals surface area contributed by atoms with Crippen LogP contribution in [0.1, 0.15) is 120 Å². The molecule has 0 unspecified atom stereocenters. The maximum Gasteiger partial charge on any atom is 0.0594 e. The molecule has 0 aliphatic heterocycles. The summed E-state index contributed by atoms with van der Waals surface area (Å²) in [6.07, 6.45) is 15.8. The molecular formula is C30H50O. The van der Waals surface area contributed by atoms with E-state index in [-0.39, 0.29) is 11.5 Å². The van der Waals surface area contributed by atoms with Gasteiger partial charge in [0.15, 0.2) is 0 Å². The number of fused-ring (bicyclic) bond motifs is 7. The van der Waals surface area contributed by atoms with E-state index in [9.17, 15) is 5.11 Å². The normalized spacial score (nSPS) is 55.2. The molecule has 0 saturated heterocycles. The molecular weight excluding hydrogens is 376 g/mol. The highest BCUT2D eigenvalue weighted by Gasteiger charge is 2.66. The third-order valence-corrected chi connectivity index (χ3v) is 12.7. The molecule has 0 heterocycles. The minimum absolute atomic E-state index is 0.0575. The lowest BCUT2D eigenvalue weighted by atomic mass is 9.35. The van der Waals surface area contributed by atoms with Crippen molar-refractivity contribution in [3.63, 3.8) is 0 Å². The molecule has 1 N–H and O–H groups in total. The number of allylic oxidation sites excluding steroid dienone is 2. The lowest BCUT2D eigenvalue weighted by Gasteiger charge is -2.70. The second kappa shape index (κ2) is 6.43. The first kappa shape index (κ1) is 22.5. The van der Waals surface area contributed by atoms with Crippen LogP contribution in [-0.4, -0.2) is 11.2 Å². The summed E-state index contributed by atoms with van der Waals surface area (Å²) in [5.41, 5.74) is 4.07. The predicted octanol–water partition coefficient (Wildman–Crippen LogP) is 8.17. The summed E-state index contributed by atoms with van der Waals surface area (Å²) in [5.74, 6) is 2.29. The fourth-order valence-electron chi connectivity index (χ4n) is 10.8. The Morgan fingerprint density at radius 2 is 1.32 bits per heavy atom. The predicted molar refractivity (Wildman–Crippen MR) is 131 cm³/mol. The van der Waals surface area contributed by atoms with Gasteiger partial charge in [-0.3, -0.25) is 0 Å². The van der Waals surface area contributed by atoms with E-state index in [1.54, 1.807) is 0 Å². The second-order valence-electron chi connectivity index (χ2n) is 15.3. The van der Waals surface area contributed by atoms with Crippen LogP contribution in [0.3, 0.4) is 0 Å². The van der Waals surface area contributed by atoms with E-state index in [1.165, 1.54) is 57.8 Å². The zero-order valence-electron chi connectivity index (χ0n) is 21.9. The van der Waals surface area contributed by atoms with E-state index in [0.717, 1.165) is 18.3 Å². The van der Waals surface area contributed by atoms with Gasteiger partial charge in [0, 0.05) is 0 Å². The molecule has 176 valence electrons. The smallest absolute Gasteiger partial charge is 0.0594 e. The van der Waals surface area contributed by atoms with Crippen molar-refractivity contribution in [3.8, 4) is 0 Å². The third kappa shape index (κ3) is 2.83. The highest BCUT2D eigenvalue weighted by molar-refractivity contribution is 5.34. The van der Waals surface area contributed by atoms with Gasteiger partial charge in [0.25, 0.3) is 0 Å². The highest BCUT2D eigenvalue weighted by Crippen LogP contribution is 2.74. The van der Waals surface area contributed by atoms with Crippen molar-refractivity contribution in [2.45, 2.75) is 126 Å². The SMILES string of the molecule is CC1(C)CC[C@@]2(C)CC=C3[C@](C)(CC[C@H]4[C@@]5(C)CC[C@@H](O)C(C)(C)[C@H]5CC[C@]34C)[C@@H]2C1. The topological polar surface area (TPSA) is 20.2 Å². The minimum Gasteiger partial charge on any atom is -0.393 e. The van der Waals surface area contributed by atoms with Gasteiger partial charge in [-0.05, 0) is 114 Å². The van der Waals surface area contributed by atoms with Crippen LogP contribution < -0.4 is 0 Å². The van der Waals surface area contributed by atoms with E-state index in [0.29, 0.717) is 33.0 Å². The van der Waals surface area contributed by atoms with Gasteiger partial charge in [0.1, 0.15) is 0 Å². The van der Waals surface area contributed by atoms with Gasteiger partial charge in [-0.25, -0.2) is 0 Å². The van der Waals surface area contributed by atoms with Gasteiger partial charge >= 0.3 is 0 Å². The molecule has 5 aliphatic carbocycles. The standard InChI is InChI=1S/C30H50O/c1-25(2)17-18-27(5)13-9-21-29(7)14-10-20-26(3,4)24(31)12-16-28(20,6)22(29)11-15-30(21,8)23(27)19-25/h9,20,22-24,31H,10-19H2,1-8H3/t20-,22+,23-,24-,27-,28+,29-,30+/m1/s1. The molecule has 0 bridgehead atoms. The molecule has 8 atom stereocenters. The summed E-state index contributed by atoms with van der Waals surface area (Å²) in [4.78, 5) is 0. The molecule has 4 saturated carbocycles. The van der Waals surface area contributed by atoms with Crippen molar-refractivity contribution in [2.75, 3.05) is 0 Å². The molecule has 4 fully saturated rings. The molecule has 0 spiro atoms. The fourth-order valence-corrected chi connectivity index (χ4v) is 10.8. The van der Waals surface area contributed by atoms with Gasteiger partial charge < -0.3 is 5.11 Å². The van der Waals surface area contributed by atoms with Crippen molar-refractivity contribution < 1.29 is 5.11 Å². The Hall–Kier alpha value is -0.300. The summed E-state index contributed by atoms with van der Waals surface area (Å²) >= 11 is 0. The summed E-state index contributed by atoms with van der Waals surface area (Å²) < 4.78 is 0. The summed E-state index contributed by atoms with van der Waals surface area (Å²) in [6, 6.07) is 0. The van der Waals surface area contributed by atoms with E-state index in [1.807, 2.05) is 5.57 Å². The largest absolute Gasteiger partial charge is 0.393 e. The monoisotopic (exact) mass is 426 g/mol. The number of hydrogen-bond donors (Lipinski definition) is 1. The lowest BCUT2D eigenvalue weighted by Crippen LogP contribution is -2.63. The molecule has 0 radical (unpaired) electrons. The summed E-state index contributed by atoms with van der Waals surface area (Å²) in [6.45, 7) is 20.4. The Balaban J connectivity index is 1.56. The van der Waals surface area contributed by atoms with E-state index >= 15 is 0 Å². The summed E-state index contributed by atoms with van der Waals surface area (Å²) in [7, 11) is 0. The molecule has 31 heavy (non-hydrogen) atoms. The van der Waals surface area contributed by atoms with Crippen LogP contribution >= 0.6 is 0 Å². The van der Waals surface area contributed by atoms with E-state index in [4.69, 9.17) is 0 Å². The third-order valence-electron chi connectivity index (χ3n) is 12.7. The zero-order valence-corrected chi connectivity index (χ0v) is 21.9. The van der Waals surface area contributed by atoms with Gasteiger partial charge in [-0.1, -0.05) is 67.0 Å². The van der Waals surface area contributed by atoms with Crippen molar-refractivity contribution in [1.29, 1.82) is 0 Å². The van der Waals surface area contributed by atoms with Crippen LogP contribution in [0.4, 0.5) is 0 Å². The first-order valence-corrected chi connectivity index (χ1v) is 13.6. The average molecular weight is 427 g/mol. The Morgan fingerprint density at radius 1 is 0.710 bits per heavy atom. The van der Waals surface area contributed by atoms with Crippen LogP contribution in [0.25, 0.3) is 0 Å². The molecule has 1 heteroatoms. The zero-order chi connectivity index (χ0) is 22.7. The molecule has 0 amide bonds. The van der Waals surface area contributed by atoms with Crippen molar-refractivity contribution in [1.82, 2.24) is 0 Å². The molecule has 5 aliphatic rings. The maximum atomic E-state index is 10.9. The van der Waals surface area contributed by atoms with Crippen molar-refractivity contribution in [3.05, 3.63) is 11.6 Å². The van der Waals surface area contributed by atoms with Crippen LogP contribution in [0.5, 0.6) is 0 Å². The Morgan fingerprint density at radius 3 is 2.00 bits per heavy atom. The summed E-state index contributed by atoms with van der Waals surface area (Å²) in [5, 5.41) is 10.9. The Bertz CT molecular complexity index is 790. The quantitative estimate of drug-likeness (QED) is 0.387. The molecule has 0 aromatic heterocycles. The Kier molecular flexibility index (Phi) is 4.66. The number of aliphatic hydroxyl groups is 1. The van der Waals surface area contributed by atoms with Gasteiger partial charge in [0.2, 0.25) is 0 Å². The van der Waals surface area contributed by atoms with Crippen LogP contribution in [0.15, 0.2) is 11.6 Å². The molecule has 5 rings (SSSR count). The number of rotatable bonds is 0. The van der Waals surface area contributed by atoms with Crippen LogP contribution in [0.2, 0.25) is 0 Å². The first-order valence-electron chi connectivity index (χ1n) is 13.6. The molecule has 1 nitrogen and oxygen atoms in total. The van der Waals surface area contributed by atoms with Gasteiger partial charge in [-0.15, -0.1) is 0 Å². The highest BCUT2D eigenvalue weighted by atomic mass is 16.3. The minimum atomic E-state index is -0.122. The second-order valence-corrected chi connectivity index (χ2v) is 15.3. The molecule has 0 aromatic carbocycles. The lowest BCUT2D eigenvalue weighted by molar-refractivity contribution is -0.184. The van der Waals surface area contributed by atoms with Crippen molar-refractivity contribution >= 4 is 0 Å². The van der Waals surface area contributed by atoms with Crippen LogP contribution in [0, 0.1) is 50.2 Å². The average Bonchev–Trinajstić information content (AvgIpc) is 2.66. The first-order chi connectivity index (χ1) is 14.2. The van der Waals surface area contributed by atoms with E-state index < -0.39 is 0 Å². The fraction of sp³-hybridized carbons (Fsp3) is 0.933. The van der Waals surface area contributed by atoms with E-state index in [2.05, 4.69) is 61.5 Å².